The molecule has 0 amide bonds. The van der Waals surface area contributed by atoms with Crippen molar-refractivity contribution in [1.82, 2.24) is 5.32 Å². The van der Waals surface area contributed by atoms with E-state index in [2.05, 4.69) is 5.32 Å². The smallest absolute Gasteiger partial charge is 0.307 e. The fourth-order valence-corrected chi connectivity index (χ4v) is 2.63. The first-order valence-electron chi connectivity index (χ1n) is 6.37. The summed E-state index contributed by atoms with van der Waals surface area (Å²) in [5, 5.41) is 22.3. The summed E-state index contributed by atoms with van der Waals surface area (Å²) < 4.78 is 0. The molecule has 0 aromatic heterocycles. The SMILES string of the molecule is O=C(O)C1CNC(c2cccc(C3(O)CC3)c2)C1. The maximum absolute atomic E-state index is 10.9. The second-order valence-corrected chi connectivity index (χ2v) is 5.39. The van der Waals surface area contributed by atoms with Gasteiger partial charge in [0.15, 0.2) is 0 Å². The summed E-state index contributed by atoms with van der Waals surface area (Å²) in [6.07, 6.45) is 2.27. The molecule has 1 aliphatic carbocycles. The number of aliphatic hydroxyl groups is 1. The quantitative estimate of drug-likeness (QED) is 0.755. The van der Waals surface area contributed by atoms with E-state index in [-0.39, 0.29) is 12.0 Å². The van der Waals surface area contributed by atoms with E-state index in [1.807, 2.05) is 24.3 Å². The zero-order valence-corrected chi connectivity index (χ0v) is 10.1. The van der Waals surface area contributed by atoms with Crippen molar-refractivity contribution in [3.63, 3.8) is 0 Å². The van der Waals surface area contributed by atoms with Crippen molar-refractivity contribution in [3.05, 3.63) is 35.4 Å². The predicted octanol–water partition coefficient (Wildman–Crippen LogP) is 1.40. The molecule has 4 nitrogen and oxygen atoms in total. The van der Waals surface area contributed by atoms with E-state index >= 15 is 0 Å². The Labute approximate surface area is 106 Å². The number of aliphatic carboxylic acids is 1. The van der Waals surface area contributed by atoms with E-state index in [9.17, 15) is 9.90 Å². The Morgan fingerprint density at radius 3 is 2.78 bits per heavy atom. The minimum Gasteiger partial charge on any atom is -0.481 e. The third-order valence-electron chi connectivity index (χ3n) is 4.03. The molecule has 0 radical (unpaired) electrons. The molecule has 1 saturated heterocycles. The van der Waals surface area contributed by atoms with E-state index in [0.29, 0.717) is 13.0 Å². The van der Waals surface area contributed by atoms with Crippen molar-refractivity contribution < 1.29 is 15.0 Å². The van der Waals surface area contributed by atoms with Crippen LogP contribution in [0.3, 0.4) is 0 Å². The zero-order valence-electron chi connectivity index (χ0n) is 10.1. The van der Waals surface area contributed by atoms with Crippen LogP contribution in [0.1, 0.15) is 36.4 Å². The maximum atomic E-state index is 10.9. The number of carboxylic acids is 1. The van der Waals surface area contributed by atoms with E-state index < -0.39 is 11.6 Å². The normalized spacial score (nSPS) is 29.2. The summed E-state index contributed by atoms with van der Waals surface area (Å²) in [7, 11) is 0. The fraction of sp³-hybridized carbons (Fsp3) is 0.500. The van der Waals surface area contributed by atoms with Crippen LogP contribution < -0.4 is 5.32 Å². The highest BCUT2D eigenvalue weighted by atomic mass is 16.4. The van der Waals surface area contributed by atoms with Crippen LogP contribution in [-0.2, 0) is 10.4 Å². The Hall–Kier alpha value is -1.39. The van der Waals surface area contributed by atoms with Gasteiger partial charge in [-0.25, -0.2) is 0 Å². The highest BCUT2D eigenvalue weighted by molar-refractivity contribution is 5.70. The van der Waals surface area contributed by atoms with Gasteiger partial charge in [-0.3, -0.25) is 4.79 Å². The molecule has 18 heavy (non-hydrogen) atoms. The predicted molar refractivity (Wildman–Crippen MR) is 66.1 cm³/mol. The van der Waals surface area contributed by atoms with Gasteiger partial charge in [0, 0.05) is 12.6 Å². The summed E-state index contributed by atoms with van der Waals surface area (Å²) >= 11 is 0. The van der Waals surface area contributed by atoms with Crippen LogP contribution in [0.5, 0.6) is 0 Å². The van der Waals surface area contributed by atoms with Crippen LogP contribution in [0, 0.1) is 5.92 Å². The highest BCUT2D eigenvalue weighted by Crippen LogP contribution is 2.45. The Morgan fingerprint density at radius 2 is 2.17 bits per heavy atom. The average Bonchev–Trinajstić information content (AvgIpc) is 2.95. The second kappa shape index (κ2) is 4.07. The van der Waals surface area contributed by atoms with Crippen LogP contribution in [0.15, 0.2) is 24.3 Å². The first-order valence-corrected chi connectivity index (χ1v) is 6.37. The zero-order chi connectivity index (χ0) is 12.8. The molecule has 1 aromatic rings. The first-order chi connectivity index (χ1) is 8.58. The molecular formula is C14H17NO3. The van der Waals surface area contributed by atoms with Crippen molar-refractivity contribution >= 4 is 5.97 Å². The lowest BCUT2D eigenvalue weighted by molar-refractivity contribution is -0.141. The molecular weight excluding hydrogens is 230 g/mol. The van der Waals surface area contributed by atoms with Gasteiger partial charge >= 0.3 is 5.97 Å². The maximum Gasteiger partial charge on any atom is 0.307 e. The van der Waals surface area contributed by atoms with Crippen molar-refractivity contribution in [3.8, 4) is 0 Å². The largest absolute Gasteiger partial charge is 0.481 e. The van der Waals surface area contributed by atoms with Gasteiger partial charge in [-0.05, 0) is 30.4 Å². The van der Waals surface area contributed by atoms with Crippen molar-refractivity contribution in [2.75, 3.05) is 6.54 Å². The van der Waals surface area contributed by atoms with E-state index in [4.69, 9.17) is 5.11 Å². The van der Waals surface area contributed by atoms with Gasteiger partial charge in [0.2, 0.25) is 0 Å². The summed E-state index contributed by atoms with van der Waals surface area (Å²) in [5.74, 6) is -1.04. The van der Waals surface area contributed by atoms with Crippen molar-refractivity contribution in [2.24, 2.45) is 5.92 Å². The molecule has 96 valence electrons. The van der Waals surface area contributed by atoms with Gasteiger partial charge < -0.3 is 15.5 Å². The van der Waals surface area contributed by atoms with Crippen molar-refractivity contribution in [2.45, 2.75) is 30.9 Å². The number of carboxylic acid groups (broad SMARTS) is 1. The van der Waals surface area contributed by atoms with E-state index in [0.717, 1.165) is 24.0 Å². The second-order valence-electron chi connectivity index (χ2n) is 5.39. The molecule has 2 atom stereocenters. The molecule has 0 bridgehead atoms. The number of carbonyl (C=O) groups is 1. The van der Waals surface area contributed by atoms with Crippen molar-refractivity contribution in [1.29, 1.82) is 0 Å². The Morgan fingerprint density at radius 1 is 1.39 bits per heavy atom. The Balaban J connectivity index is 1.79. The van der Waals surface area contributed by atoms with Crippen LogP contribution >= 0.6 is 0 Å². The summed E-state index contributed by atoms with van der Waals surface area (Å²) in [5.41, 5.74) is 1.41. The van der Waals surface area contributed by atoms with E-state index in [1.165, 1.54) is 0 Å². The molecule has 1 heterocycles. The third kappa shape index (κ3) is 2.02. The molecule has 2 unspecified atom stereocenters. The molecule has 3 rings (SSSR count). The lowest BCUT2D eigenvalue weighted by Crippen LogP contribution is -2.17. The first kappa shape index (κ1) is 11.7. The minimum absolute atomic E-state index is 0.0911. The third-order valence-corrected chi connectivity index (χ3v) is 4.03. The number of nitrogens with one attached hydrogen (secondary N) is 1. The highest BCUT2D eigenvalue weighted by Gasteiger charge is 2.42. The summed E-state index contributed by atoms with van der Waals surface area (Å²) in [6.45, 7) is 0.522. The molecule has 1 aliphatic heterocycles. The van der Waals surface area contributed by atoms with Gasteiger partial charge in [-0.15, -0.1) is 0 Å². The van der Waals surface area contributed by atoms with Crippen LogP contribution in [-0.4, -0.2) is 22.7 Å². The molecule has 1 saturated carbocycles. The minimum atomic E-state index is -0.734. The lowest BCUT2D eigenvalue weighted by Gasteiger charge is -2.14. The molecule has 3 N–H and O–H groups in total. The van der Waals surface area contributed by atoms with E-state index in [1.54, 1.807) is 0 Å². The molecule has 1 aromatic carbocycles. The van der Waals surface area contributed by atoms with Crippen LogP contribution in [0.25, 0.3) is 0 Å². The topological polar surface area (TPSA) is 69.6 Å². The summed E-state index contributed by atoms with van der Waals surface area (Å²) in [4.78, 5) is 10.9. The number of benzene rings is 1. The molecule has 2 aliphatic rings. The lowest BCUT2D eigenvalue weighted by atomic mass is 9.97. The summed E-state index contributed by atoms with van der Waals surface area (Å²) in [6, 6.07) is 7.98. The van der Waals surface area contributed by atoms with Gasteiger partial charge in [0.05, 0.1) is 11.5 Å². The van der Waals surface area contributed by atoms with Gasteiger partial charge in [0.1, 0.15) is 0 Å². The van der Waals surface area contributed by atoms with Crippen LogP contribution in [0.4, 0.5) is 0 Å². The van der Waals surface area contributed by atoms with Gasteiger partial charge in [0.25, 0.3) is 0 Å². The van der Waals surface area contributed by atoms with Gasteiger partial charge in [-0.2, -0.15) is 0 Å². The standard InChI is InChI=1S/C14H17NO3/c16-13(17)10-7-12(15-8-10)9-2-1-3-11(6-9)14(18)4-5-14/h1-3,6,10,12,15,18H,4-5,7-8H2,(H,16,17). The average molecular weight is 247 g/mol. The monoisotopic (exact) mass is 247 g/mol. The fourth-order valence-electron chi connectivity index (χ4n) is 2.63. The number of rotatable bonds is 3. The van der Waals surface area contributed by atoms with Gasteiger partial charge in [-0.1, -0.05) is 24.3 Å². The Bertz CT molecular complexity index is 482. The van der Waals surface area contributed by atoms with Crippen LogP contribution in [0.2, 0.25) is 0 Å². The molecule has 4 heteroatoms. The molecule has 2 fully saturated rings. The Kier molecular flexibility index (Phi) is 2.64. The number of hydrogen-bond acceptors (Lipinski definition) is 3. The molecule has 0 spiro atoms. The number of hydrogen-bond donors (Lipinski definition) is 3.